The van der Waals surface area contributed by atoms with Crippen LogP contribution in [0.15, 0.2) is 24.3 Å². The van der Waals surface area contributed by atoms with Gasteiger partial charge in [-0.15, -0.1) is 0 Å². The number of likely N-dealkylation sites (tertiary alicyclic amines) is 1. The number of carbonyl (C=O) groups is 2. The summed E-state index contributed by atoms with van der Waals surface area (Å²) in [6.07, 6.45) is 2.26. The highest BCUT2D eigenvalue weighted by Crippen LogP contribution is 2.20. The molecule has 1 aromatic rings. The second kappa shape index (κ2) is 7.83. The first-order valence-electron chi connectivity index (χ1n) is 10.0. The van der Waals surface area contributed by atoms with E-state index in [4.69, 9.17) is 0 Å². The highest BCUT2D eigenvalue weighted by molar-refractivity contribution is 7.91. The summed E-state index contributed by atoms with van der Waals surface area (Å²) < 4.78 is 23.4. The van der Waals surface area contributed by atoms with Gasteiger partial charge in [0, 0.05) is 57.3 Å². The second-order valence-electron chi connectivity index (χ2n) is 8.00. The van der Waals surface area contributed by atoms with Gasteiger partial charge < -0.3 is 9.80 Å². The van der Waals surface area contributed by atoms with Crippen LogP contribution in [0.3, 0.4) is 0 Å². The smallest absolute Gasteiger partial charge is 0.253 e. The molecular weight excluding hydrogens is 378 g/mol. The lowest BCUT2D eigenvalue weighted by atomic mass is 10.1. The zero-order valence-corrected chi connectivity index (χ0v) is 16.9. The van der Waals surface area contributed by atoms with E-state index in [1.54, 1.807) is 0 Å². The number of nitrogens with zero attached hydrogens (tertiary/aromatic N) is 3. The summed E-state index contributed by atoms with van der Waals surface area (Å²) in [5.41, 5.74) is 1.70. The first-order valence-corrected chi connectivity index (χ1v) is 11.8. The zero-order valence-electron chi connectivity index (χ0n) is 16.0. The Morgan fingerprint density at radius 1 is 1.04 bits per heavy atom. The summed E-state index contributed by atoms with van der Waals surface area (Å²) in [6, 6.07) is 7.65. The lowest BCUT2D eigenvalue weighted by Crippen LogP contribution is -2.52. The summed E-state index contributed by atoms with van der Waals surface area (Å²) in [5.74, 6) is 0.754. The molecule has 3 heterocycles. The minimum atomic E-state index is -2.88. The zero-order chi connectivity index (χ0) is 19.7. The summed E-state index contributed by atoms with van der Waals surface area (Å²) in [4.78, 5) is 30.5. The van der Waals surface area contributed by atoms with E-state index in [-0.39, 0.29) is 29.4 Å². The van der Waals surface area contributed by atoms with E-state index in [9.17, 15) is 18.0 Å². The number of hydrogen-bond donors (Lipinski definition) is 0. The number of piperazine rings is 1. The maximum absolute atomic E-state index is 12.8. The van der Waals surface area contributed by atoms with Gasteiger partial charge in [0.2, 0.25) is 5.91 Å². The van der Waals surface area contributed by atoms with Crippen molar-refractivity contribution in [3.63, 3.8) is 0 Å². The molecule has 0 spiro atoms. The van der Waals surface area contributed by atoms with Gasteiger partial charge >= 0.3 is 0 Å². The Kier molecular flexibility index (Phi) is 5.42. The fourth-order valence-corrected chi connectivity index (χ4v) is 6.14. The number of benzene rings is 1. The van der Waals surface area contributed by atoms with E-state index in [0.29, 0.717) is 38.0 Å². The monoisotopic (exact) mass is 405 g/mol. The molecule has 4 rings (SSSR count). The molecule has 2 amide bonds. The van der Waals surface area contributed by atoms with Crippen LogP contribution >= 0.6 is 0 Å². The standard InChI is InChI=1S/C20H27N3O4S/c24-19-2-1-8-23(19)14-16-3-5-17(6-4-16)20(25)22-11-9-21(10-12-22)18-7-13-28(26,27)15-18/h3-6,18H,1-2,7-15H2/t18-/m0/s1. The number of amides is 2. The molecule has 0 N–H and O–H groups in total. The van der Waals surface area contributed by atoms with Crippen LogP contribution in [-0.2, 0) is 21.2 Å². The van der Waals surface area contributed by atoms with Crippen molar-refractivity contribution >= 4 is 21.7 Å². The van der Waals surface area contributed by atoms with E-state index in [0.717, 1.165) is 31.6 Å². The molecule has 7 nitrogen and oxygen atoms in total. The van der Waals surface area contributed by atoms with Gasteiger partial charge in [0.1, 0.15) is 0 Å². The second-order valence-corrected chi connectivity index (χ2v) is 10.2. The SMILES string of the molecule is O=C1CCCN1Cc1ccc(C(=O)N2CCN([C@H]3CCS(=O)(=O)C3)CC2)cc1. The topological polar surface area (TPSA) is 78.0 Å². The quantitative estimate of drug-likeness (QED) is 0.739. The summed E-state index contributed by atoms with van der Waals surface area (Å²) in [7, 11) is -2.88. The van der Waals surface area contributed by atoms with Crippen LogP contribution in [0.4, 0.5) is 0 Å². The van der Waals surface area contributed by atoms with Gasteiger partial charge in [0.15, 0.2) is 9.84 Å². The van der Waals surface area contributed by atoms with Crippen molar-refractivity contribution in [1.29, 1.82) is 0 Å². The van der Waals surface area contributed by atoms with Crippen molar-refractivity contribution in [2.24, 2.45) is 0 Å². The maximum atomic E-state index is 12.8. The van der Waals surface area contributed by atoms with E-state index < -0.39 is 9.84 Å². The minimum Gasteiger partial charge on any atom is -0.338 e. The summed E-state index contributed by atoms with van der Waals surface area (Å²) >= 11 is 0. The average molecular weight is 406 g/mol. The van der Waals surface area contributed by atoms with Crippen LogP contribution in [0.25, 0.3) is 0 Å². The Labute approximate surface area is 166 Å². The summed E-state index contributed by atoms with van der Waals surface area (Å²) in [5, 5.41) is 0. The average Bonchev–Trinajstić information content (AvgIpc) is 3.27. The normalized spacial score (nSPS) is 25.4. The molecular formula is C20H27N3O4S. The van der Waals surface area contributed by atoms with Crippen LogP contribution in [0.2, 0.25) is 0 Å². The molecule has 8 heteroatoms. The molecule has 0 bridgehead atoms. The number of hydrogen-bond acceptors (Lipinski definition) is 5. The van der Waals surface area contributed by atoms with Gasteiger partial charge in [0.05, 0.1) is 11.5 Å². The first-order chi connectivity index (χ1) is 13.4. The third-order valence-electron chi connectivity index (χ3n) is 6.07. The Bertz CT molecular complexity index is 845. The molecule has 0 aliphatic carbocycles. The van der Waals surface area contributed by atoms with Gasteiger partial charge in [-0.1, -0.05) is 12.1 Å². The first kappa shape index (κ1) is 19.4. The lowest BCUT2D eigenvalue weighted by Gasteiger charge is -2.37. The number of carbonyl (C=O) groups excluding carboxylic acids is 2. The summed E-state index contributed by atoms with van der Waals surface area (Å²) in [6.45, 7) is 4.11. The number of sulfone groups is 1. The molecule has 0 saturated carbocycles. The largest absolute Gasteiger partial charge is 0.338 e. The van der Waals surface area contributed by atoms with Gasteiger partial charge in [-0.25, -0.2) is 8.42 Å². The van der Waals surface area contributed by atoms with E-state index in [1.165, 1.54) is 0 Å². The third-order valence-corrected chi connectivity index (χ3v) is 7.82. The predicted molar refractivity (Wildman–Crippen MR) is 106 cm³/mol. The van der Waals surface area contributed by atoms with E-state index >= 15 is 0 Å². The van der Waals surface area contributed by atoms with Crippen LogP contribution < -0.4 is 0 Å². The maximum Gasteiger partial charge on any atom is 0.253 e. The lowest BCUT2D eigenvalue weighted by molar-refractivity contribution is -0.128. The molecule has 3 saturated heterocycles. The van der Waals surface area contributed by atoms with Crippen LogP contribution in [0, 0.1) is 0 Å². The fraction of sp³-hybridized carbons (Fsp3) is 0.600. The van der Waals surface area contributed by atoms with Crippen LogP contribution in [-0.4, -0.2) is 85.2 Å². The molecule has 0 radical (unpaired) electrons. The number of rotatable bonds is 4. The van der Waals surface area contributed by atoms with Crippen molar-refractivity contribution in [3.05, 3.63) is 35.4 Å². The highest BCUT2D eigenvalue weighted by atomic mass is 32.2. The van der Waals surface area contributed by atoms with Crippen LogP contribution in [0.1, 0.15) is 35.2 Å². The minimum absolute atomic E-state index is 0.0162. The van der Waals surface area contributed by atoms with Crippen LogP contribution in [0.5, 0.6) is 0 Å². The van der Waals surface area contributed by atoms with E-state index in [1.807, 2.05) is 34.1 Å². The molecule has 28 heavy (non-hydrogen) atoms. The Morgan fingerprint density at radius 3 is 2.32 bits per heavy atom. The fourth-order valence-electron chi connectivity index (χ4n) is 4.38. The van der Waals surface area contributed by atoms with Crippen molar-refractivity contribution in [2.45, 2.75) is 31.8 Å². The van der Waals surface area contributed by atoms with Crippen molar-refractivity contribution in [2.75, 3.05) is 44.2 Å². The molecule has 3 aliphatic heterocycles. The van der Waals surface area contributed by atoms with E-state index in [2.05, 4.69) is 4.90 Å². The molecule has 1 aromatic carbocycles. The molecule has 3 fully saturated rings. The van der Waals surface area contributed by atoms with Crippen molar-refractivity contribution in [3.8, 4) is 0 Å². The Morgan fingerprint density at radius 2 is 1.75 bits per heavy atom. The highest BCUT2D eigenvalue weighted by Gasteiger charge is 2.34. The van der Waals surface area contributed by atoms with Gasteiger partial charge in [-0.2, -0.15) is 0 Å². The molecule has 152 valence electrons. The Balaban J connectivity index is 1.31. The molecule has 0 unspecified atom stereocenters. The van der Waals surface area contributed by atoms with Gasteiger partial charge in [-0.3, -0.25) is 14.5 Å². The van der Waals surface area contributed by atoms with Crippen molar-refractivity contribution < 1.29 is 18.0 Å². The van der Waals surface area contributed by atoms with Gasteiger partial charge in [-0.05, 0) is 30.5 Å². The van der Waals surface area contributed by atoms with Gasteiger partial charge in [0.25, 0.3) is 5.91 Å². The Hall–Kier alpha value is -1.93. The van der Waals surface area contributed by atoms with Crippen molar-refractivity contribution in [1.82, 2.24) is 14.7 Å². The third kappa shape index (κ3) is 4.22. The predicted octanol–water partition coefficient (Wildman–Crippen LogP) is 0.754. The molecule has 3 aliphatic rings. The molecule has 0 aromatic heterocycles. The molecule has 1 atom stereocenters.